The molecule has 0 radical (unpaired) electrons. The van der Waals surface area contributed by atoms with Crippen LogP contribution in [0, 0.1) is 17.0 Å². The average Bonchev–Trinajstić information content (AvgIpc) is 3.35. The number of nitro benzene ring substituents is 1. The first-order valence-corrected chi connectivity index (χ1v) is 16.5. The summed E-state index contributed by atoms with van der Waals surface area (Å²) < 4.78 is 5.19. The van der Waals surface area contributed by atoms with Crippen LogP contribution in [0.5, 0.6) is 0 Å². The summed E-state index contributed by atoms with van der Waals surface area (Å²) in [6.07, 6.45) is 1.85. The highest BCUT2D eigenvalue weighted by Crippen LogP contribution is 2.42. The Morgan fingerprint density at radius 3 is 2.05 bits per heavy atom. The second kappa shape index (κ2) is 14.7. The Morgan fingerprint density at radius 2 is 1.50 bits per heavy atom. The van der Waals surface area contributed by atoms with Gasteiger partial charge in [0.2, 0.25) is 0 Å². The lowest BCUT2D eigenvalue weighted by Crippen LogP contribution is -2.46. The van der Waals surface area contributed by atoms with E-state index in [0.717, 1.165) is 65.6 Å². The molecule has 1 aliphatic rings. The third-order valence-electron chi connectivity index (χ3n) is 7.71. The molecule has 44 heavy (non-hydrogen) atoms. The number of aromatic nitrogens is 1. The Morgan fingerprint density at radius 1 is 0.909 bits per heavy atom. The molecule has 10 heteroatoms. The molecule has 0 unspecified atom stereocenters. The monoisotopic (exact) mass is 633 g/mol. The first kappa shape index (κ1) is 33.0. The van der Waals surface area contributed by atoms with Crippen molar-refractivity contribution in [3.05, 3.63) is 99.2 Å². The minimum atomic E-state index is -0.375. The lowest BCUT2D eigenvalue weighted by atomic mass is 9.96. The maximum atomic E-state index is 13.5. The van der Waals surface area contributed by atoms with Crippen molar-refractivity contribution in [2.24, 2.45) is 0 Å². The van der Waals surface area contributed by atoms with Crippen LogP contribution in [0.15, 0.2) is 72.8 Å². The Balaban J connectivity index is 0.00000216. The topological polar surface area (TPSA) is 83.7 Å². The van der Waals surface area contributed by atoms with E-state index in [4.69, 9.17) is 11.6 Å². The zero-order valence-electron chi connectivity index (χ0n) is 26.1. The molecule has 8 nitrogen and oxygen atoms in total. The van der Waals surface area contributed by atoms with Crippen LogP contribution in [0.4, 0.5) is 17.1 Å². The van der Waals surface area contributed by atoms with Gasteiger partial charge in [-0.05, 0) is 68.3 Å². The van der Waals surface area contributed by atoms with E-state index in [-0.39, 0.29) is 22.6 Å². The standard InChI is InChI=1S/C32H34ClN5O3S.C2H6/c1-21(2)37-22(3)29(32(39)34-42-4)30(31(37)23-8-10-25(33)11-9-23)24-6-5-7-28(20-24)36-18-16-35(17-19-36)26-12-14-27(15-13-26)38(40)41;1-2/h5-15,20-21H,16-19H2,1-4H3,(H,34,39);1-2H3. The summed E-state index contributed by atoms with van der Waals surface area (Å²) in [4.78, 5) is 28.8. The van der Waals surface area contributed by atoms with Crippen LogP contribution < -0.4 is 14.5 Å². The predicted molar refractivity (Wildman–Crippen MR) is 185 cm³/mol. The van der Waals surface area contributed by atoms with E-state index in [9.17, 15) is 14.9 Å². The van der Waals surface area contributed by atoms with Gasteiger partial charge in [-0.1, -0.05) is 61.7 Å². The van der Waals surface area contributed by atoms with Crippen LogP contribution in [0.3, 0.4) is 0 Å². The van der Waals surface area contributed by atoms with E-state index >= 15 is 0 Å². The molecule has 0 spiro atoms. The molecule has 4 aromatic rings. The number of carbonyl (C=O) groups excluding carboxylic acids is 1. The molecule has 5 rings (SSSR count). The first-order valence-electron chi connectivity index (χ1n) is 14.9. The molecule has 0 bridgehead atoms. The Kier molecular flexibility index (Phi) is 11.0. The van der Waals surface area contributed by atoms with Crippen molar-refractivity contribution in [3.8, 4) is 22.4 Å². The summed E-state index contributed by atoms with van der Waals surface area (Å²) in [7, 11) is 0. The average molecular weight is 634 g/mol. The molecular weight excluding hydrogens is 594 g/mol. The summed E-state index contributed by atoms with van der Waals surface area (Å²) in [5.41, 5.74) is 7.62. The fourth-order valence-electron chi connectivity index (χ4n) is 5.81. The van der Waals surface area contributed by atoms with Crippen LogP contribution in [-0.4, -0.2) is 47.8 Å². The summed E-state index contributed by atoms with van der Waals surface area (Å²) in [5.74, 6) is -0.119. The van der Waals surface area contributed by atoms with Gasteiger partial charge in [-0.3, -0.25) is 19.6 Å². The number of piperazine rings is 1. The fourth-order valence-corrected chi connectivity index (χ4v) is 6.23. The molecule has 3 aromatic carbocycles. The molecule has 1 fully saturated rings. The molecule has 1 N–H and O–H groups in total. The van der Waals surface area contributed by atoms with Gasteiger partial charge < -0.3 is 14.4 Å². The van der Waals surface area contributed by atoms with Crippen molar-refractivity contribution in [1.82, 2.24) is 9.29 Å². The number of anilines is 2. The second-order valence-electron chi connectivity index (χ2n) is 10.6. The number of rotatable bonds is 8. The number of nitrogens with zero attached hydrogens (tertiary/aromatic N) is 4. The highest BCUT2D eigenvalue weighted by atomic mass is 35.5. The van der Waals surface area contributed by atoms with Gasteiger partial charge in [-0.25, -0.2) is 0 Å². The van der Waals surface area contributed by atoms with Crippen LogP contribution in [0.1, 0.15) is 49.8 Å². The number of hydrogen-bond acceptors (Lipinski definition) is 6. The Hall–Kier alpha value is -3.95. The maximum Gasteiger partial charge on any atom is 0.269 e. The molecule has 2 heterocycles. The summed E-state index contributed by atoms with van der Waals surface area (Å²) in [6.45, 7) is 13.5. The number of hydrogen-bond donors (Lipinski definition) is 1. The minimum absolute atomic E-state index is 0.0966. The van der Waals surface area contributed by atoms with Gasteiger partial charge in [0.15, 0.2) is 0 Å². The van der Waals surface area contributed by atoms with Crippen LogP contribution in [-0.2, 0) is 0 Å². The first-order chi connectivity index (χ1) is 21.2. The van der Waals surface area contributed by atoms with Crippen LogP contribution in [0.2, 0.25) is 5.02 Å². The molecule has 1 aliphatic heterocycles. The lowest BCUT2D eigenvalue weighted by Gasteiger charge is -2.37. The minimum Gasteiger partial charge on any atom is -0.368 e. The van der Waals surface area contributed by atoms with E-state index in [1.165, 1.54) is 11.9 Å². The van der Waals surface area contributed by atoms with Gasteiger partial charge in [0.05, 0.1) is 16.2 Å². The molecule has 0 aliphatic carbocycles. The van der Waals surface area contributed by atoms with Crippen molar-refractivity contribution < 1.29 is 9.72 Å². The molecule has 0 saturated carbocycles. The predicted octanol–water partition coefficient (Wildman–Crippen LogP) is 8.63. The van der Waals surface area contributed by atoms with Gasteiger partial charge in [-0.15, -0.1) is 0 Å². The van der Waals surface area contributed by atoms with E-state index in [1.54, 1.807) is 12.1 Å². The molecule has 0 atom stereocenters. The van der Waals surface area contributed by atoms with Crippen molar-refractivity contribution in [1.29, 1.82) is 0 Å². The number of nitrogens with one attached hydrogen (secondary N) is 1. The molecular formula is C34H40ClN5O3S. The van der Waals surface area contributed by atoms with Gasteiger partial charge >= 0.3 is 0 Å². The smallest absolute Gasteiger partial charge is 0.269 e. The second-order valence-corrected chi connectivity index (χ2v) is 11.6. The van der Waals surface area contributed by atoms with E-state index < -0.39 is 0 Å². The van der Waals surface area contributed by atoms with E-state index in [0.29, 0.717) is 10.6 Å². The SMILES string of the molecule is CC.CSNC(=O)c1c(-c2cccc(N3CCN(c4ccc([N+](=O)[O-])cc4)CC3)c2)c(-c2ccc(Cl)cc2)n(C(C)C)c1C. The highest BCUT2D eigenvalue weighted by Gasteiger charge is 2.29. The zero-order valence-corrected chi connectivity index (χ0v) is 27.7. The normalized spacial score (nSPS) is 13.0. The zero-order chi connectivity index (χ0) is 32.0. The van der Waals surface area contributed by atoms with Crippen molar-refractivity contribution in [2.75, 3.05) is 42.2 Å². The molecule has 232 valence electrons. The van der Waals surface area contributed by atoms with E-state index in [1.807, 2.05) is 63.4 Å². The van der Waals surface area contributed by atoms with Crippen molar-refractivity contribution >= 4 is 46.5 Å². The van der Waals surface area contributed by atoms with Crippen molar-refractivity contribution in [2.45, 2.75) is 40.7 Å². The molecule has 1 aromatic heterocycles. The number of amides is 1. The van der Waals surface area contributed by atoms with Crippen LogP contribution >= 0.6 is 23.5 Å². The lowest BCUT2D eigenvalue weighted by molar-refractivity contribution is -0.384. The fraction of sp³-hybridized carbons (Fsp3) is 0.324. The van der Waals surface area contributed by atoms with E-state index in [2.05, 4.69) is 57.2 Å². The number of carbonyl (C=O) groups is 1. The molecule has 1 amide bonds. The third-order valence-corrected chi connectivity index (χ3v) is 8.35. The maximum absolute atomic E-state index is 13.5. The van der Waals surface area contributed by atoms with Gasteiger partial charge in [-0.2, -0.15) is 0 Å². The largest absolute Gasteiger partial charge is 0.368 e. The summed E-state index contributed by atoms with van der Waals surface area (Å²) >= 11 is 7.54. The highest BCUT2D eigenvalue weighted by molar-refractivity contribution is 7.97. The van der Waals surface area contributed by atoms with Crippen LogP contribution in [0.25, 0.3) is 22.4 Å². The molecule has 1 saturated heterocycles. The number of halogens is 1. The third kappa shape index (κ3) is 6.89. The number of benzene rings is 3. The van der Waals surface area contributed by atoms with Crippen molar-refractivity contribution in [3.63, 3.8) is 0 Å². The number of nitro groups is 1. The van der Waals surface area contributed by atoms with Gasteiger partial charge in [0.1, 0.15) is 0 Å². The Bertz CT molecular complexity index is 1590. The van der Waals surface area contributed by atoms with Gasteiger partial charge in [0, 0.05) is 78.3 Å². The number of non-ortho nitro benzene ring substituents is 1. The Labute approximate surface area is 269 Å². The van der Waals surface area contributed by atoms with Gasteiger partial charge in [0.25, 0.3) is 11.6 Å². The quantitative estimate of drug-likeness (QED) is 0.119. The summed E-state index contributed by atoms with van der Waals surface area (Å²) in [6, 6.07) is 23.1. The summed E-state index contributed by atoms with van der Waals surface area (Å²) in [5, 5.41) is 11.7.